The van der Waals surface area contributed by atoms with Gasteiger partial charge in [0.1, 0.15) is 6.61 Å². The molecule has 0 aliphatic carbocycles. The lowest BCUT2D eigenvalue weighted by Gasteiger charge is -2.34. The predicted molar refractivity (Wildman–Crippen MR) is 114 cm³/mol. The summed E-state index contributed by atoms with van der Waals surface area (Å²) in [7, 11) is -3.69. The van der Waals surface area contributed by atoms with Gasteiger partial charge in [-0.05, 0) is 38.1 Å². The van der Waals surface area contributed by atoms with Gasteiger partial charge in [0, 0.05) is 30.7 Å². The van der Waals surface area contributed by atoms with Crippen LogP contribution in [-0.4, -0.2) is 53.4 Å². The van der Waals surface area contributed by atoms with Crippen molar-refractivity contribution in [2.75, 3.05) is 13.1 Å². The topological polar surface area (TPSA) is 107 Å². The summed E-state index contributed by atoms with van der Waals surface area (Å²) < 4.78 is 39.4. The average Bonchev–Trinajstić information content (AvgIpc) is 3.21. The molecule has 1 aliphatic rings. The quantitative estimate of drug-likeness (QED) is 0.532. The molecule has 0 radical (unpaired) electrons. The van der Waals surface area contributed by atoms with E-state index in [1.165, 1.54) is 50.4 Å². The molecule has 164 valence electrons. The number of nitrogens with zero attached hydrogens (tertiary/aromatic N) is 3. The van der Waals surface area contributed by atoms with Crippen LogP contribution in [0.3, 0.4) is 0 Å². The minimum absolute atomic E-state index is 0.100. The largest absolute Gasteiger partial charge is 0.456 e. The molecule has 1 aliphatic heterocycles. The van der Waals surface area contributed by atoms with Gasteiger partial charge in [-0.25, -0.2) is 18.2 Å². The van der Waals surface area contributed by atoms with E-state index in [-0.39, 0.29) is 47.9 Å². The number of hydrogen-bond donors (Lipinski definition) is 0. The normalized spacial score (nSPS) is 20.1. The number of morpholine rings is 1. The van der Waals surface area contributed by atoms with Crippen molar-refractivity contribution in [3.63, 3.8) is 0 Å². The van der Waals surface area contributed by atoms with Crippen LogP contribution in [0.25, 0.3) is 4.96 Å². The molecule has 2 atom stereocenters. The summed E-state index contributed by atoms with van der Waals surface area (Å²) in [6.45, 7) is 4.05. The number of esters is 1. The van der Waals surface area contributed by atoms with Crippen molar-refractivity contribution in [2.45, 2.75) is 37.6 Å². The van der Waals surface area contributed by atoms with Crippen LogP contribution < -0.4 is 5.56 Å². The predicted octanol–water partition coefficient (Wildman–Crippen LogP) is 1.91. The van der Waals surface area contributed by atoms with E-state index in [2.05, 4.69) is 4.98 Å². The van der Waals surface area contributed by atoms with Crippen LogP contribution in [0.1, 0.15) is 29.9 Å². The molecule has 1 aromatic carbocycles. The Morgan fingerprint density at radius 3 is 2.58 bits per heavy atom. The maximum atomic E-state index is 12.9. The molecular weight excluding hydrogens is 442 g/mol. The van der Waals surface area contributed by atoms with E-state index in [1.54, 1.807) is 11.6 Å². The summed E-state index contributed by atoms with van der Waals surface area (Å²) in [6, 6.07) is 6.91. The van der Waals surface area contributed by atoms with Crippen molar-refractivity contribution in [3.05, 3.63) is 63.5 Å². The third-order valence-electron chi connectivity index (χ3n) is 4.82. The second-order valence-electron chi connectivity index (χ2n) is 7.32. The monoisotopic (exact) mass is 463 g/mol. The van der Waals surface area contributed by atoms with Crippen LogP contribution in [0.4, 0.5) is 0 Å². The fourth-order valence-corrected chi connectivity index (χ4v) is 5.75. The highest BCUT2D eigenvalue weighted by molar-refractivity contribution is 7.89. The molecule has 4 rings (SSSR count). The van der Waals surface area contributed by atoms with Gasteiger partial charge < -0.3 is 9.47 Å². The van der Waals surface area contributed by atoms with Gasteiger partial charge in [0.25, 0.3) is 5.56 Å². The summed E-state index contributed by atoms with van der Waals surface area (Å²) in [6.07, 6.45) is 1.24. The van der Waals surface area contributed by atoms with Gasteiger partial charge in [-0.1, -0.05) is 0 Å². The van der Waals surface area contributed by atoms with Crippen LogP contribution in [0.15, 0.2) is 51.6 Å². The van der Waals surface area contributed by atoms with Gasteiger partial charge in [-0.15, -0.1) is 11.3 Å². The Morgan fingerprint density at radius 1 is 1.23 bits per heavy atom. The molecule has 3 heterocycles. The zero-order chi connectivity index (χ0) is 22.2. The van der Waals surface area contributed by atoms with Crippen molar-refractivity contribution in [3.8, 4) is 0 Å². The zero-order valence-electron chi connectivity index (χ0n) is 16.9. The van der Waals surface area contributed by atoms with E-state index >= 15 is 0 Å². The van der Waals surface area contributed by atoms with Crippen molar-refractivity contribution in [1.82, 2.24) is 13.7 Å². The van der Waals surface area contributed by atoms with E-state index in [0.717, 1.165) is 0 Å². The van der Waals surface area contributed by atoms with Crippen molar-refractivity contribution < 1.29 is 22.7 Å². The molecule has 2 aromatic heterocycles. The smallest absolute Gasteiger partial charge is 0.338 e. The van der Waals surface area contributed by atoms with Gasteiger partial charge in [0.15, 0.2) is 4.96 Å². The third kappa shape index (κ3) is 4.54. The van der Waals surface area contributed by atoms with Gasteiger partial charge in [0.05, 0.1) is 28.4 Å². The number of carbonyl (C=O) groups is 1. The Kier molecular flexibility index (Phi) is 5.93. The lowest BCUT2D eigenvalue weighted by molar-refractivity contribution is -0.0440. The third-order valence-corrected chi connectivity index (χ3v) is 7.42. The highest BCUT2D eigenvalue weighted by Crippen LogP contribution is 2.21. The standard InChI is InChI=1S/C20H21N3O6S2/c1-13-10-22(11-14(2)29-13)31(26,27)17-5-3-15(4-6-17)19(25)28-12-16-9-18(24)23-7-8-30-20(23)21-16/h3-9,13-14H,10-12H2,1-2H3. The Morgan fingerprint density at radius 2 is 1.90 bits per heavy atom. The maximum absolute atomic E-state index is 12.9. The highest BCUT2D eigenvalue weighted by atomic mass is 32.2. The van der Waals surface area contributed by atoms with E-state index in [1.807, 2.05) is 13.8 Å². The Labute approximate surface area is 182 Å². The molecule has 9 nitrogen and oxygen atoms in total. The molecule has 0 saturated carbocycles. The second kappa shape index (κ2) is 8.50. The zero-order valence-corrected chi connectivity index (χ0v) is 18.6. The Hall–Kier alpha value is -2.60. The van der Waals surface area contributed by atoms with Gasteiger partial charge >= 0.3 is 5.97 Å². The molecule has 0 bridgehead atoms. The number of carbonyl (C=O) groups excluding carboxylic acids is 1. The maximum Gasteiger partial charge on any atom is 0.338 e. The minimum Gasteiger partial charge on any atom is -0.456 e. The van der Waals surface area contributed by atoms with Gasteiger partial charge in [0.2, 0.25) is 10.0 Å². The van der Waals surface area contributed by atoms with Crippen LogP contribution >= 0.6 is 11.3 Å². The summed E-state index contributed by atoms with van der Waals surface area (Å²) in [5.41, 5.74) is 0.297. The van der Waals surface area contributed by atoms with E-state index in [0.29, 0.717) is 10.7 Å². The first-order valence-electron chi connectivity index (χ1n) is 9.62. The SMILES string of the molecule is CC1CN(S(=O)(=O)c2ccc(C(=O)OCc3cc(=O)n4ccsc4n3)cc2)CC(C)O1. The first-order valence-corrected chi connectivity index (χ1v) is 11.9. The summed E-state index contributed by atoms with van der Waals surface area (Å²) in [5.74, 6) is -0.634. The number of ether oxygens (including phenoxy) is 2. The van der Waals surface area contributed by atoms with E-state index in [9.17, 15) is 18.0 Å². The number of thiazole rings is 1. The Bertz CT molecular complexity index is 1260. The van der Waals surface area contributed by atoms with E-state index < -0.39 is 16.0 Å². The molecule has 1 fully saturated rings. The second-order valence-corrected chi connectivity index (χ2v) is 10.1. The first-order chi connectivity index (χ1) is 14.7. The molecule has 3 aromatic rings. The minimum atomic E-state index is -3.69. The number of sulfonamides is 1. The summed E-state index contributed by atoms with van der Waals surface area (Å²) in [4.78, 5) is 29.3. The fourth-order valence-electron chi connectivity index (χ4n) is 3.42. The fraction of sp³-hybridized carbons (Fsp3) is 0.350. The average molecular weight is 464 g/mol. The van der Waals surface area contributed by atoms with E-state index in [4.69, 9.17) is 9.47 Å². The number of aromatic nitrogens is 2. The lowest BCUT2D eigenvalue weighted by atomic mass is 10.2. The van der Waals surface area contributed by atoms with Crippen molar-refractivity contribution in [1.29, 1.82) is 0 Å². The molecule has 31 heavy (non-hydrogen) atoms. The number of fused-ring (bicyclic) bond motifs is 1. The van der Waals surface area contributed by atoms with Gasteiger partial charge in [-0.2, -0.15) is 4.31 Å². The van der Waals surface area contributed by atoms with Crippen LogP contribution in [-0.2, 0) is 26.1 Å². The van der Waals surface area contributed by atoms with Crippen LogP contribution in [0, 0.1) is 0 Å². The van der Waals surface area contributed by atoms with Crippen molar-refractivity contribution in [2.24, 2.45) is 0 Å². The molecule has 2 unspecified atom stereocenters. The molecule has 0 N–H and O–H groups in total. The first kappa shape index (κ1) is 21.6. The highest BCUT2D eigenvalue weighted by Gasteiger charge is 2.32. The van der Waals surface area contributed by atoms with Gasteiger partial charge in [-0.3, -0.25) is 9.20 Å². The van der Waals surface area contributed by atoms with Crippen molar-refractivity contribution >= 4 is 32.3 Å². The lowest BCUT2D eigenvalue weighted by Crippen LogP contribution is -2.48. The Balaban J connectivity index is 1.44. The molecule has 0 spiro atoms. The number of rotatable bonds is 5. The molecule has 11 heteroatoms. The summed E-state index contributed by atoms with van der Waals surface area (Å²) in [5, 5.41) is 1.74. The van der Waals surface area contributed by atoms with Crippen LogP contribution in [0.5, 0.6) is 0 Å². The number of hydrogen-bond acceptors (Lipinski definition) is 8. The molecular formula is C20H21N3O6S2. The molecule has 1 saturated heterocycles. The molecule has 0 amide bonds. The van der Waals surface area contributed by atoms with Crippen LogP contribution in [0.2, 0.25) is 0 Å². The summed E-state index contributed by atoms with van der Waals surface area (Å²) >= 11 is 1.30. The number of benzene rings is 1.